The zero-order valence-electron chi connectivity index (χ0n) is 16.7. The van der Waals surface area contributed by atoms with Gasteiger partial charge < -0.3 is 10.6 Å². The second-order valence-corrected chi connectivity index (χ2v) is 8.15. The highest BCUT2D eigenvalue weighted by atomic mass is 32.1. The lowest BCUT2D eigenvalue weighted by atomic mass is 10.2. The maximum absolute atomic E-state index is 4.69. The normalized spacial score (nSPS) is 12.5. The number of rotatable bonds is 9. The van der Waals surface area contributed by atoms with Gasteiger partial charge in [0, 0.05) is 45.2 Å². The van der Waals surface area contributed by atoms with Crippen LogP contribution in [0.3, 0.4) is 0 Å². The third-order valence-corrected chi connectivity index (χ3v) is 5.51. The van der Waals surface area contributed by atoms with Crippen molar-refractivity contribution in [1.29, 1.82) is 0 Å². The average molecular weight is 376 g/mol. The molecular formula is C20H33N5S. The molecule has 2 aromatic rings. The molecular weight excluding hydrogens is 342 g/mol. The molecule has 5 nitrogen and oxygen atoms in total. The predicted molar refractivity (Wildman–Crippen MR) is 114 cm³/mol. The number of thiazole rings is 1. The van der Waals surface area contributed by atoms with Crippen LogP contribution in [0.15, 0.2) is 29.3 Å². The molecule has 1 aromatic heterocycles. The number of nitrogens with one attached hydrogen (secondary N) is 2. The summed E-state index contributed by atoms with van der Waals surface area (Å²) in [6.07, 6.45) is 2.04. The summed E-state index contributed by atoms with van der Waals surface area (Å²) in [4.78, 5) is 11.5. The molecule has 2 rings (SSSR count). The van der Waals surface area contributed by atoms with Crippen LogP contribution < -0.4 is 10.6 Å². The summed E-state index contributed by atoms with van der Waals surface area (Å²) >= 11 is 1.79. The molecule has 1 heterocycles. The van der Waals surface area contributed by atoms with Gasteiger partial charge in [0.15, 0.2) is 5.96 Å². The quantitative estimate of drug-likeness (QED) is 0.400. The Kier molecular flexibility index (Phi) is 8.32. The summed E-state index contributed by atoms with van der Waals surface area (Å²) in [5, 5.41) is 8.03. The maximum atomic E-state index is 4.69. The highest BCUT2D eigenvalue weighted by molar-refractivity contribution is 7.18. The van der Waals surface area contributed by atoms with Gasteiger partial charge in [0.2, 0.25) is 0 Å². The highest BCUT2D eigenvalue weighted by Crippen LogP contribution is 2.22. The van der Waals surface area contributed by atoms with Gasteiger partial charge in [-0.2, -0.15) is 0 Å². The van der Waals surface area contributed by atoms with E-state index in [1.165, 1.54) is 9.71 Å². The Labute approximate surface area is 161 Å². The molecule has 26 heavy (non-hydrogen) atoms. The van der Waals surface area contributed by atoms with Gasteiger partial charge in [-0.15, -0.1) is 11.3 Å². The molecule has 0 saturated heterocycles. The molecule has 144 valence electrons. The summed E-state index contributed by atoms with van der Waals surface area (Å²) in [5.41, 5.74) is 1.11. The van der Waals surface area contributed by atoms with Crippen LogP contribution in [-0.4, -0.2) is 54.6 Å². The van der Waals surface area contributed by atoms with Crippen LogP contribution in [0.2, 0.25) is 0 Å². The van der Waals surface area contributed by atoms with Crippen LogP contribution in [0.4, 0.5) is 0 Å². The monoisotopic (exact) mass is 375 g/mol. The van der Waals surface area contributed by atoms with Crippen molar-refractivity contribution < 1.29 is 0 Å². The van der Waals surface area contributed by atoms with Gasteiger partial charge in [0.1, 0.15) is 0 Å². The van der Waals surface area contributed by atoms with Crippen molar-refractivity contribution in [3.8, 4) is 0 Å². The fourth-order valence-corrected chi connectivity index (χ4v) is 4.12. The van der Waals surface area contributed by atoms with Crippen LogP contribution in [-0.2, 0) is 6.42 Å². The smallest absolute Gasteiger partial charge is 0.191 e. The Bertz CT molecular complexity index is 651. The third kappa shape index (κ3) is 6.25. The number of fused-ring (bicyclic) bond motifs is 1. The molecule has 0 radical (unpaired) electrons. The molecule has 0 atom stereocenters. The number of hydrogen-bond donors (Lipinski definition) is 2. The van der Waals surface area contributed by atoms with E-state index in [4.69, 9.17) is 4.98 Å². The molecule has 0 bridgehead atoms. The zero-order chi connectivity index (χ0) is 18.9. The first-order chi connectivity index (χ1) is 12.5. The fraction of sp³-hybridized carbons (Fsp3) is 0.600. The van der Waals surface area contributed by atoms with Crippen molar-refractivity contribution in [2.75, 3.05) is 26.7 Å². The average Bonchev–Trinajstić information content (AvgIpc) is 3.02. The first kappa shape index (κ1) is 20.6. The number of aliphatic imine (C=N–C) groups is 1. The van der Waals surface area contributed by atoms with Crippen LogP contribution in [0.1, 0.15) is 39.1 Å². The Morgan fingerprint density at radius 1 is 1.12 bits per heavy atom. The minimum absolute atomic E-state index is 0.556. The topological polar surface area (TPSA) is 52.6 Å². The molecule has 0 fully saturated rings. The molecule has 1 aromatic carbocycles. The first-order valence-electron chi connectivity index (χ1n) is 9.56. The van der Waals surface area contributed by atoms with Crippen molar-refractivity contribution in [3.63, 3.8) is 0 Å². The second kappa shape index (κ2) is 10.5. The van der Waals surface area contributed by atoms with Gasteiger partial charge in [0.05, 0.1) is 15.2 Å². The lowest BCUT2D eigenvalue weighted by molar-refractivity contribution is 0.178. The Hall–Kier alpha value is -1.66. The molecule has 0 unspecified atom stereocenters. The second-order valence-electron chi connectivity index (χ2n) is 7.03. The predicted octanol–water partition coefficient (Wildman–Crippen LogP) is 3.51. The molecule has 0 aliphatic carbocycles. The lowest BCUT2D eigenvalue weighted by Gasteiger charge is -2.30. The molecule has 2 N–H and O–H groups in total. The summed E-state index contributed by atoms with van der Waals surface area (Å²) in [5.74, 6) is 0.877. The largest absolute Gasteiger partial charge is 0.356 e. The van der Waals surface area contributed by atoms with Crippen molar-refractivity contribution in [3.05, 3.63) is 29.3 Å². The van der Waals surface area contributed by atoms with Crippen molar-refractivity contribution in [2.24, 2.45) is 4.99 Å². The van der Waals surface area contributed by atoms with Crippen molar-refractivity contribution in [1.82, 2.24) is 20.5 Å². The molecule has 0 aliphatic rings. The molecule has 6 heteroatoms. The van der Waals surface area contributed by atoms with Gasteiger partial charge >= 0.3 is 0 Å². The minimum Gasteiger partial charge on any atom is -0.356 e. The van der Waals surface area contributed by atoms with Gasteiger partial charge in [-0.3, -0.25) is 9.89 Å². The van der Waals surface area contributed by atoms with Crippen LogP contribution >= 0.6 is 11.3 Å². The molecule has 0 saturated carbocycles. The van der Waals surface area contributed by atoms with Crippen molar-refractivity contribution in [2.45, 2.75) is 52.6 Å². The Balaban J connectivity index is 1.68. The summed E-state index contributed by atoms with van der Waals surface area (Å²) in [7, 11) is 1.82. The highest BCUT2D eigenvalue weighted by Gasteiger charge is 2.12. The van der Waals surface area contributed by atoms with E-state index in [0.717, 1.165) is 44.0 Å². The van der Waals surface area contributed by atoms with E-state index in [1.54, 1.807) is 11.3 Å². The van der Waals surface area contributed by atoms with E-state index >= 15 is 0 Å². The first-order valence-corrected chi connectivity index (χ1v) is 10.4. The molecule has 0 spiro atoms. The number of hydrogen-bond acceptors (Lipinski definition) is 4. The van der Waals surface area contributed by atoms with E-state index < -0.39 is 0 Å². The minimum atomic E-state index is 0.556. The number of guanidine groups is 1. The van der Waals surface area contributed by atoms with Gasteiger partial charge in [-0.05, 0) is 46.2 Å². The molecule has 0 aliphatic heterocycles. The lowest BCUT2D eigenvalue weighted by Crippen LogP contribution is -2.45. The van der Waals surface area contributed by atoms with Gasteiger partial charge in [-0.1, -0.05) is 12.1 Å². The zero-order valence-corrected chi connectivity index (χ0v) is 17.6. The summed E-state index contributed by atoms with van der Waals surface area (Å²) in [6, 6.07) is 9.44. The number of nitrogens with zero attached hydrogens (tertiary/aromatic N) is 3. The van der Waals surface area contributed by atoms with E-state index in [0.29, 0.717) is 12.1 Å². The number of benzene rings is 1. The fourth-order valence-electron chi connectivity index (χ4n) is 3.11. The van der Waals surface area contributed by atoms with Crippen molar-refractivity contribution >= 4 is 27.5 Å². The van der Waals surface area contributed by atoms with Crippen LogP contribution in [0, 0.1) is 0 Å². The number of aromatic nitrogens is 1. The van der Waals surface area contributed by atoms with Crippen LogP contribution in [0.5, 0.6) is 0 Å². The summed E-state index contributed by atoms with van der Waals surface area (Å²) < 4.78 is 1.27. The molecule has 0 amide bonds. The maximum Gasteiger partial charge on any atom is 0.191 e. The van der Waals surface area contributed by atoms with E-state index in [9.17, 15) is 0 Å². The summed E-state index contributed by atoms with van der Waals surface area (Å²) in [6.45, 7) is 11.8. The number of para-hydroxylation sites is 1. The number of aryl methyl sites for hydroxylation is 1. The van der Waals surface area contributed by atoms with E-state index in [-0.39, 0.29) is 0 Å². The Morgan fingerprint density at radius 3 is 2.46 bits per heavy atom. The standard InChI is InChI=1S/C20H33N5S/c1-15(2)25(16(3)4)14-13-23-20(21-5)22-12-8-11-19-24-17-9-6-7-10-18(17)26-19/h6-7,9-10,15-16H,8,11-14H2,1-5H3,(H2,21,22,23). The van der Waals surface area contributed by atoms with E-state index in [1.807, 2.05) is 13.1 Å². The van der Waals surface area contributed by atoms with Gasteiger partial charge in [-0.25, -0.2) is 4.98 Å². The SMILES string of the molecule is CN=C(NCCCc1nc2ccccc2s1)NCCN(C(C)C)C(C)C. The Morgan fingerprint density at radius 2 is 1.81 bits per heavy atom. The third-order valence-electron chi connectivity index (χ3n) is 4.41. The van der Waals surface area contributed by atoms with Crippen LogP contribution in [0.25, 0.3) is 10.2 Å². The van der Waals surface area contributed by atoms with Gasteiger partial charge in [0.25, 0.3) is 0 Å². The van der Waals surface area contributed by atoms with E-state index in [2.05, 4.69) is 66.4 Å².